The van der Waals surface area contributed by atoms with Gasteiger partial charge in [0.15, 0.2) is 5.82 Å². The number of aryl methyl sites for hydroxylation is 2. The maximum absolute atomic E-state index is 12.6. The summed E-state index contributed by atoms with van der Waals surface area (Å²) in [5, 5.41) is 7.46. The van der Waals surface area contributed by atoms with Crippen molar-refractivity contribution >= 4 is 11.8 Å². The maximum atomic E-state index is 12.6. The van der Waals surface area contributed by atoms with Crippen molar-refractivity contribution in [2.45, 2.75) is 39.7 Å². The minimum Gasteiger partial charge on any atom is -0.493 e. The minimum absolute atomic E-state index is 0.0298. The highest BCUT2D eigenvalue weighted by Crippen LogP contribution is 2.19. The number of ether oxygens (including phenoxy) is 1. The van der Waals surface area contributed by atoms with Crippen molar-refractivity contribution in [1.82, 2.24) is 25.0 Å². The number of aromatic nitrogens is 3. The third kappa shape index (κ3) is 6.01. The number of rotatable bonds is 8. The summed E-state index contributed by atoms with van der Waals surface area (Å²) in [6, 6.07) is 15.4. The lowest BCUT2D eigenvalue weighted by Gasteiger charge is -2.31. The fourth-order valence-electron chi connectivity index (χ4n) is 4.16. The molecule has 178 valence electrons. The Kier molecular flexibility index (Phi) is 7.57. The van der Waals surface area contributed by atoms with E-state index in [4.69, 9.17) is 4.74 Å². The van der Waals surface area contributed by atoms with E-state index in [1.165, 1.54) is 0 Å². The van der Waals surface area contributed by atoms with Crippen LogP contribution in [0.4, 0.5) is 0 Å². The number of likely N-dealkylation sites (tertiary alicyclic amines) is 1. The average Bonchev–Trinajstić information content (AvgIpc) is 3.21. The van der Waals surface area contributed by atoms with Crippen molar-refractivity contribution < 1.29 is 14.3 Å². The predicted octanol–water partition coefficient (Wildman–Crippen LogP) is 3.21. The molecule has 3 aromatic rings. The zero-order valence-electron chi connectivity index (χ0n) is 19.7. The fraction of sp³-hybridized carbons (Fsp3) is 0.385. The molecule has 8 nitrogen and oxygen atoms in total. The molecule has 0 atom stereocenters. The van der Waals surface area contributed by atoms with Crippen LogP contribution in [0.3, 0.4) is 0 Å². The van der Waals surface area contributed by atoms with Crippen molar-refractivity contribution in [1.29, 1.82) is 0 Å². The van der Waals surface area contributed by atoms with Gasteiger partial charge in [0, 0.05) is 37.4 Å². The molecule has 1 aliphatic rings. The number of pyridine rings is 1. The lowest BCUT2D eigenvalue weighted by Crippen LogP contribution is -2.43. The van der Waals surface area contributed by atoms with E-state index in [2.05, 4.69) is 15.4 Å². The van der Waals surface area contributed by atoms with Crippen LogP contribution in [-0.4, -0.2) is 51.2 Å². The van der Waals surface area contributed by atoms with Gasteiger partial charge in [-0.1, -0.05) is 24.3 Å². The standard InChI is InChI=1S/C26H31N5O3/c1-19-16-20(2)31(29-19)24-9-8-21(17-27-24)18-28-26(33)22-10-13-30(14-11-22)25(32)12-15-34-23-6-4-3-5-7-23/h3-9,16-17,22H,10-15,18H2,1-2H3,(H,28,33). The number of hydrogen-bond acceptors (Lipinski definition) is 5. The Morgan fingerprint density at radius 3 is 2.50 bits per heavy atom. The molecule has 1 fully saturated rings. The van der Waals surface area contributed by atoms with Gasteiger partial charge in [0.25, 0.3) is 0 Å². The average molecular weight is 462 g/mol. The molecule has 0 bridgehead atoms. The first-order valence-electron chi connectivity index (χ1n) is 11.7. The number of hydrogen-bond donors (Lipinski definition) is 1. The Bertz CT molecular complexity index is 1100. The molecule has 0 radical (unpaired) electrons. The van der Waals surface area contributed by atoms with Crippen molar-refractivity contribution in [2.75, 3.05) is 19.7 Å². The zero-order valence-corrected chi connectivity index (χ0v) is 19.7. The number of carbonyl (C=O) groups is 2. The molecule has 0 aliphatic carbocycles. The molecule has 1 N–H and O–H groups in total. The molecule has 2 amide bonds. The van der Waals surface area contributed by atoms with Crippen molar-refractivity contribution in [3.63, 3.8) is 0 Å². The molecule has 3 heterocycles. The summed E-state index contributed by atoms with van der Waals surface area (Å²) >= 11 is 0. The van der Waals surface area contributed by atoms with Crippen LogP contribution in [0.1, 0.15) is 36.2 Å². The van der Waals surface area contributed by atoms with Gasteiger partial charge >= 0.3 is 0 Å². The second kappa shape index (κ2) is 11.0. The molecule has 1 saturated heterocycles. The van der Waals surface area contributed by atoms with E-state index in [1.807, 2.05) is 67.3 Å². The van der Waals surface area contributed by atoms with E-state index in [1.54, 1.807) is 10.9 Å². The van der Waals surface area contributed by atoms with Gasteiger partial charge < -0.3 is 15.0 Å². The second-order valence-corrected chi connectivity index (χ2v) is 8.65. The predicted molar refractivity (Wildman–Crippen MR) is 129 cm³/mol. The van der Waals surface area contributed by atoms with Gasteiger partial charge in [0.1, 0.15) is 5.75 Å². The summed E-state index contributed by atoms with van der Waals surface area (Å²) in [6.07, 6.45) is 3.45. The highest BCUT2D eigenvalue weighted by Gasteiger charge is 2.27. The summed E-state index contributed by atoms with van der Waals surface area (Å²) in [7, 11) is 0. The molecular weight excluding hydrogens is 430 g/mol. The third-order valence-electron chi connectivity index (χ3n) is 6.05. The summed E-state index contributed by atoms with van der Waals surface area (Å²) in [5.41, 5.74) is 2.91. The molecular formula is C26H31N5O3. The van der Waals surface area contributed by atoms with E-state index < -0.39 is 0 Å². The lowest BCUT2D eigenvalue weighted by molar-refractivity contribution is -0.136. The third-order valence-corrected chi connectivity index (χ3v) is 6.05. The normalized spacial score (nSPS) is 14.1. The Morgan fingerprint density at radius 2 is 1.85 bits per heavy atom. The first-order chi connectivity index (χ1) is 16.5. The number of piperidine rings is 1. The van der Waals surface area contributed by atoms with Crippen LogP contribution in [0.25, 0.3) is 5.82 Å². The van der Waals surface area contributed by atoms with Crippen LogP contribution < -0.4 is 10.1 Å². The monoisotopic (exact) mass is 461 g/mol. The molecule has 4 rings (SSSR count). The summed E-state index contributed by atoms with van der Waals surface area (Å²) in [4.78, 5) is 31.4. The maximum Gasteiger partial charge on any atom is 0.225 e. The quantitative estimate of drug-likeness (QED) is 0.556. The Morgan fingerprint density at radius 1 is 1.09 bits per heavy atom. The molecule has 0 unspecified atom stereocenters. The zero-order chi connectivity index (χ0) is 23.9. The summed E-state index contributed by atoms with van der Waals surface area (Å²) < 4.78 is 7.42. The van der Waals surface area contributed by atoms with Crippen LogP contribution in [0.15, 0.2) is 54.7 Å². The van der Waals surface area contributed by atoms with Gasteiger partial charge in [0.2, 0.25) is 11.8 Å². The van der Waals surface area contributed by atoms with Gasteiger partial charge in [0.05, 0.1) is 18.7 Å². The first-order valence-corrected chi connectivity index (χ1v) is 11.7. The Balaban J connectivity index is 1.18. The van der Waals surface area contributed by atoms with Crippen LogP contribution in [0.5, 0.6) is 5.75 Å². The molecule has 0 spiro atoms. The van der Waals surface area contributed by atoms with Crippen molar-refractivity contribution in [2.24, 2.45) is 5.92 Å². The highest BCUT2D eigenvalue weighted by atomic mass is 16.5. The fourth-order valence-corrected chi connectivity index (χ4v) is 4.16. The summed E-state index contributed by atoms with van der Waals surface area (Å²) in [6.45, 7) is 5.93. The van der Waals surface area contributed by atoms with Crippen molar-refractivity contribution in [3.8, 4) is 11.6 Å². The van der Waals surface area contributed by atoms with Crippen molar-refractivity contribution in [3.05, 3.63) is 71.7 Å². The molecule has 1 aliphatic heterocycles. The van der Waals surface area contributed by atoms with Gasteiger partial charge in [-0.15, -0.1) is 0 Å². The molecule has 0 saturated carbocycles. The van der Waals surface area contributed by atoms with E-state index in [0.717, 1.165) is 28.5 Å². The number of carbonyl (C=O) groups excluding carboxylic acids is 2. The van der Waals surface area contributed by atoms with Crippen LogP contribution in [-0.2, 0) is 16.1 Å². The van der Waals surface area contributed by atoms with E-state index in [0.29, 0.717) is 45.5 Å². The number of nitrogens with zero attached hydrogens (tertiary/aromatic N) is 4. The van der Waals surface area contributed by atoms with Gasteiger partial charge in [-0.2, -0.15) is 5.10 Å². The van der Waals surface area contributed by atoms with Crippen LogP contribution in [0.2, 0.25) is 0 Å². The Labute approximate surface area is 199 Å². The van der Waals surface area contributed by atoms with E-state index in [9.17, 15) is 9.59 Å². The first kappa shape index (κ1) is 23.5. The second-order valence-electron chi connectivity index (χ2n) is 8.65. The number of benzene rings is 1. The highest BCUT2D eigenvalue weighted by molar-refractivity contribution is 5.80. The number of para-hydroxylation sites is 1. The SMILES string of the molecule is Cc1cc(C)n(-c2ccc(CNC(=O)C3CCN(C(=O)CCOc4ccccc4)CC3)cn2)n1. The van der Waals surface area contributed by atoms with E-state index >= 15 is 0 Å². The molecule has 1 aromatic carbocycles. The van der Waals surface area contributed by atoms with Gasteiger partial charge in [-0.25, -0.2) is 9.67 Å². The number of amides is 2. The molecule has 2 aromatic heterocycles. The topological polar surface area (TPSA) is 89.4 Å². The smallest absolute Gasteiger partial charge is 0.225 e. The largest absolute Gasteiger partial charge is 0.493 e. The lowest BCUT2D eigenvalue weighted by atomic mass is 9.95. The molecule has 8 heteroatoms. The number of nitrogens with one attached hydrogen (secondary N) is 1. The van der Waals surface area contributed by atoms with E-state index in [-0.39, 0.29) is 17.7 Å². The van der Waals surface area contributed by atoms with Gasteiger partial charge in [-0.3, -0.25) is 9.59 Å². The van der Waals surface area contributed by atoms with Crippen LogP contribution >= 0.6 is 0 Å². The summed E-state index contributed by atoms with van der Waals surface area (Å²) in [5.74, 6) is 1.55. The Hall–Kier alpha value is -3.68. The molecule has 34 heavy (non-hydrogen) atoms. The van der Waals surface area contributed by atoms with Crippen LogP contribution in [0, 0.1) is 19.8 Å². The van der Waals surface area contributed by atoms with Gasteiger partial charge in [-0.05, 0) is 56.5 Å². The minimum atomic E-state index is -0.0773.